The molecule has 1 N–H and O–H groups in total. The first-order chi connectivity index (χ1) is 10.5. The van der Waals surface area contributed by atoms with Crippen molar-refractivity contribution in [2.24, 2.45) is 0 Å². The summed E-state index contributed by atoms with van der Waals surface area (Å²) in [4.78, 5) is 46.0. The minimum Gasteiger partial charge on any atom is -0.323 e. The molecule has 0 spiro atoms. The summed E-state index contributed by atoms with van der Waals surface area (Å²) >= 11 is 0. The van der Waals surface area contributed by atoms with Crippen LogP contribution < -0.4 is 5.32 Å². The zero-order chi connectivity index (χ0) is 16.7. The van der Waals surface area contributed by atoms with Crippen molar-refractivity contribution < 1.29 is 23.6 Å². The molecule has 1 aliphatic heterocycles. The van der Waals surface area contributed by atoms with Gasteiger partial charge in [0.2, 0.25) is 0 Å². The molecule has 2 rings (SSSR count). The molecule has 7 heteroatoms. The van der Waals surface area contributed by atoms with Crippen LogP contribution in [0.5, 0.6) is 0 Å². The van der Waals surface area contributed by atoms with E-state index in [9.17, 15) is 23.6 Å². The summed E-state index contributed by atoms with van der Waals surface area (Å²) in [7, 11) is 3.75. The lowest BCUT2D eigenvalue weighted by Crippen LogP contribution is -2.41. The van der Waals surface area contributed by atoms with Gasteiger partial charge in [-0.05, 0) is 32.6 Å². The number of nitrogens with one attached hydrogen (secondary N) is 1. The number of hydrogen-bond acceptors (Lipinski definition) is 5. The normalized spacial score (nSPS) is 14.0. The SMILES string of the molecule is CNC.O=CCCC(C=O)N1C(=O)c2cccc(F)c2C1=O. The van der Waals surface area contributed by atoms with Crippen molar-refractivity contribution in [1.82, 2.24) is 10.2 Å². The molecule has 0 radical (unpaired) electrons. The summed E-state index contributed by atoms with van der Waals surface area (Å²) in [6.07, 6.45) is 1.09. The lowest BCUT2D eigenvalue weighted by atomic mass is 10.1. The molecule has 118 valence electrons. The third kappa shape index (κ3) is 3.43. The molecule has 22 heavy (non-hydrogen) atoms. The summed E-state index contributed by atoms with van der Waals surface area (Å²) in [6, 6.07) is 2.69. The molecule has 1 atom stereocenters. The number of benzene rings is 1. The maximum absolute atomic E-state index is 13.6. The Morgan fingerprint density at radius 2 is 1.86 bits per heavy atom. The molecule has 1 aromatic carbocycles. The summed E-state index contributed by atoms with van der Waals surface area (Å²) in [5, 5.41) is 2.75. The molecule has 2 amide bonds. The molecule has 0 bridgehead atoms. The second-order valence-electron chi connectivity index (χ2n) is 4.59. The van der Waals surface area contributed by atoms with Crippen molar-refractivity contribution in [1.29, 1.82) is 0 Å². The molecule has 6 nitrogen and oxygen atoms in total. The molecule has 1 heterocycles. The fraction of sp³-hybridized carbons (Fsp3) is 0.333. The standard InChI is InChI=1S/C13H10FNO4.C2H7N/c14-10-5-1-4-9-11(10)13(19)15(12(9)18)8(7-17)3-2-6-16;1-3-2/h1,4-8H,2-3H2;3H,1-2H3. The lowest BCUT2D eigenvalue weighted by Gasteiger charge is -2.20. The molecule has 1 unspecified atom stereocenters. The first-order valence-corrected chi connectivity index (χ1v) is 6.67. The highest BCUT2D eigenvalue weighted by Crippen LogP contribution is 2.27. The maximum atomic E-state index is 13.6. The second kappa shape index (κ2) is 8.14. The van der Waals surface area contributed by atoms with E-state index in [0.717, 1.165) is 6.07 Å². The van der Waals surface area contributed by atoms with Crippen LogP contribution in [0.25, 0.3) is 0 Å². The first-order valence-electron chi connectivity index (χ1n) is 6.67. The Kier molecular flexibility index (Phi) is 6.52. The van der Waals surface area contributed by atoms with Gasteiger partial charge in [-0.15, -0.1) is 0 Å². The lowest BCUT2D eigenvalue weighted by molar-refractivity contribution is -0.112. The molecule has 0 saturated carbocycles. The Morgan fingerprint density at radius 1 is 1.23 bits per heavy atom. The summed E-state index contributed by atoms with van der Waals surface area (Å²) in [6.45, 7) is 0. The van der Waals surface area contributed by atoms with E-state index in [1.807, 2.05) is 14.1 Å². The van der Waals surface area contributed by atoms with E-state index >= 15 is 0 Å². The van der Waals surface area contributed by atoms with Gasteiger partial charge in [-0.3, -0.25) is 14.5 Å². The zero-order valence-corrected chi connectivity index (χ0v) is 12.3. The number of hydrogen-bond donors (Lipinski definition) is 1. The average molecular weight is 308 g/mol. The van der Waals surface area contributed by atoms with Gasteiger partial charge < -0.3 is 14.9 Å². The van der Waals surface area contributed by atoms with Crippen LogP contribution in [0.2, 0.25) is 0 Å². The van der Waals surface area contributed by atoms with E-state index in [2.05, 4.69) is 5.32 Å². The predicted molar refractivity (Wildman–Crippen MR) is 77.0 cm³/mol. The van der Waals surface area contributed by atoms with Crippen LogP contribution in [-0.2, 0) is 9.59 Å². The molecule has 0 aromatic heterocycles. The van der Waals surface area contributed by atoms with Gasteiger partial charge in [0.1, 0.15) is 18.4 Å². The van der Waals surface area contributed by atoms with E-state index in [1.54, 1.807) is 0 Å². The van der Waals surface area contributed by atoms with Gasteiger partial charge in [0.15, 0.2) is 0 Å². The second-order valence-corrected chi connectivity index (χ2v) is 4.59. The predicted octanol–water partition coefficient (Wildman–Crippen LogP) is 0.804. The quantitative estimate of drug-likeness (QED) is 0.642. The van der Waals surface area contributed by atoms with E-state index in [4.69, 9.17) is 0 Å². The Labute approximate surface area is 127 Å². The smallest absolute Gasteiger partial charge is 0.265 e. The van der Waals surface area contributed by atoms with Crippen LogP contribution in [0, 0.1) is 5.82 Å². The van der Waals surface area contributed by atoms with Gasteiger partial charge in [0, 0.05) is 6.42 Å². The number of fused-ring (bicyclic) bond motifs is 1. The minimum atomic E-state index is -1.04. The van der Waals surface area contributed by atoms with Crippen LogP contribution in [0.15, 0.2) is 18.2 Å². The van der Waals surface area contributed by atoms with Crippen LogP contribution in [0.3, 0.4) is 0 Å². The first kappa shape index (κ1) is 17.6. The Balaban J connectivity index is 0.000000745. The third-order valence-electron chi connectivity index (χ3n) is 2.96. The van der Waals surface area contributed by atoms with Gasteiger partial charge in [-0.2, -0.15) is 0 Å². The number of imide groups is 1. The molecular weight excluding hydrogens is 291 g/mol. The fourth-order valence-corrected chi connectivity index (χ4v) is 2.06. The largest absolute Gasteiger partial charge is 0.323 e. The minimum absolute atomic E-state index is 0.0410. The summed E-state index contributed by atoms with van der Waals surface area (Å²) < 4.78 is 13.6. The molecular formula is C15H17FN2O4. The van der Waals surface area contributed by atoms with Crippen LogP contribution in [0.1, 0.15) is 33.6 Å². The third-order valence-corrected chi connectivity index (χ3v) is 2.96. The maximum Gasteiger partial charge on any atom is 0.265 e. The summed E-state index contributed by atoms with van der Waals surface area (Å²) in [5.74, 6) is -2.33. The highest BCUT2D eigenvalue weighted by atomic mass is 19.1. The topological polar surface area (TPSA) is 83.6 Å². The highest BCUT2D eigenvalue weighted by molar-refractivity contribution is 6.22. The van der Waals surface area contributed by atoms with E-state index in [1.165, 1.54) is 12.1 Å². The molecule has 0 saturated heterocycles. The fourth-order valence-electron chi connectivity index (χ4n) is 2.06. The van der Waals surface area contributed by atoms with Gasteiger partial charge in [-0.25, -0.2) is 4.39 Å². The van der Waals surface area contributed by atoms with Crippen molar-refractivity contribution in [2.45, 2.75) is 18.9 Å². The van der Waals surface area contributed by atoms with Gasteiger partial charge >= 0.3 is 0 Å². The summed E-state index contributed by atoms with van der Waals surface area (Å²) in [5.41, 5.74) is -0.367. The molecule has 0 aliphatic carbocycles. The molecule has 1 aliphatic rings. The van der Waals surface area contributed by atoms with Crippen molar-refractivity contribution in [3.8, 4) is 0 Å². The number of carbonyl (C=O) groups excluding carboxylic acids is 4. The number of nitrogens with zero attached hydrogens (tertiary/aromatic N) is 1. The number of halogens is 1. The van der Waals surface area contributed by atoms with Gasteiger partial charge in [-0.1, -0.05) is 6.07 Å². The number of aldehydes is 2. The van der Waals surface area contributed by atoms with Gasteiger partial charge in [0.05, 0.1) is 17.2 Å². The van der Waals surface area contributed by atoms with E-state index in [-0.39, 0.29) is 24.0 Å². The zero-order valence-electron chi connectivity index (χ0n) is 12.3. The van der Waals surface area contributed by atoms with Crippen molar-refractivity contribution in [3.63, 3.8) is 0 Å². The number of rotatable bonds is 5. The Morgan fingerprint density at radius 3 is 2.36 bits per heavy atom. The molecule has 1 aromatic rings. The van der Waals surface area contributed by atoms with Crippen molar-refractivity contribution >= 4 is 24.4 Å². The number of amides is 2. The monoisotopic (exact) mass is 308 g/mol. The van der Waals surface area contributed by atoms with Crippen LogP contribution in [0.4, 0.5) is 4.39 Å². The van der Waals surface area contributed by atoms with E-state index in [0.29, 0.717) is 17.5 Å². The Hall–Kier alpha value is -2.41. The Bertz CT molecular complexity index is 589. The highest BCUT2D eigenvalue weighted by Gasteiger charge is 2.41. The van der Waals surface area contributed by atoms with Crippen molar-refractivity contribution in [3.05, 3.63) is 35.1 Å². The van der Waals surface area contributed by atoms with Crippen LogP contribution in [-0.4, -0.2) is 49.4 Å². The van der Waals surface area contributed by atoms with E-state index < -0.39 is 23.7 Å². The van der Waals surface area contributed by atoms with Crippen molar-refractivity contribution in [2.75, 3.05) is 14.1 Å². The van der Waals surface area contributed by atoms with Gasteiger partial charge in [0.25, 0.3) is 11.8 Å². The number of carbonyl (C=O) groups is 4. The average Bonchev–Trinajstić information content (AvgIpc) is 2.75. The van der Waals surface area contributed by atoms with Crippen LogP contribution >= 0.6 is 0 Å². The molecule has 0 fully saturated rings.